The van der Waals surface area contributed by atoms with Crippen LogP contribution in [0.25, 0.3) is 0 Å². The van der Waals surface area contributed by atoms with E-state index in [9.17, 15) is 0 Å². The quantitative estimate of drug-likeness (QED) is 0.772. The van der Waals surface area contributed by atoms with Crippen molar-refractivity contribution < 1.29 is 0 Å². The number of hydrogen-bond donors (Lipinski definition) is 1. The summed E-state index contributed by atoms with van der Waals surface area (Å²) in [5.41, 5.74) is 2.85. The van der Waals surface area contributed by atoms with Gasteiger partial charge in [0.1, 0.15) is 0 Å². The second kappa shape index (κ2) is 8.55. The van der Waals surface area contributed by atoms with Gasteiger partial charge >= 0.3 is 0 Å². The fraction of sp³-hybridized carbons (Fsp3) is 0.684. The molecule has 2 heteroatoms. The Balaban J connectivity index is 1.72. The Bertz CT molecular complexity index is 393. The Morgan fingerprint density at radius 2 is 1.86 bits per heavy atom. The third-order valence-corrected chi connectivity index (χ3v) is 4.88. The van der Waals surface area contributed by atoms with Crippen LogP contribution in [0.4, 0.5) is 0 Å². The SMILES string of the molecule is CCCc1ccc(C(C)NCCN(C)C2CCCC2)cc1. The van der Waals surface area contributed by atoms with E-state index in [2.05, 4.69) is 55.4 Å². The molecule has 1 unspecified atom stereocenters. The van der Waals surface area contributed by atoms with Crippen molar-refractivity contribution in [3.63, 3.8) is 0 Å². The summed E-state index contributed by atoms with van der Waals surface area (Å²) in [4.78, 5) is 2.54. The number of hydrogen-bond acceptors (Lipinski definition) is 2. The number of likely N-dealkylation sites (N-methyl/N-ethyl adjacent to an activating group) is 1. The number of nitrogens with one attached hydrogen (secondary N) is 1. The summed E-state index contributed by atoms with van der Waals surface area (Å²) < 4.78 is 0. The average Bonchev–Trinajstić information content (AvgIpc) is 3.02. The van der Waals surface area contributed by atoms with Crippen molar-refractivity contribution in [2.75, 3.05) is 20.1 Å². The topological polar surface area (TPSA) is 15.3 Å². The molecule has 0 spiro atoms. The molecule has 2 nitrogen and oxygen atoms in total. The molecule has 1 N–H and O–H groups in total. The smallest absolute Gasteiger partial charge is 0.0292 e. The van der Waals surface area contributed by atoms with Crippen molar-refractivity contribution in [1.29, 1.82) is 0 Å². The first-order chi connectivity index (χ1) is 10.2. The van der Waals surface area contributed by atoms with Gasteiger partial charge < -0.3 is 10.2 Å². The van der Waals surface area contributed by atoms with E-state index in [1.165, 1.54) is 49.7 Å². The summed E-state index contributed by atoms with van der Waals surface area (Å²) in [7, 11) is 2.28. The molecule has 0 aromatic heterocycles. The molecule has 0 aliphatic heterocycles. The van der Waals surface area contributed by atoms with E-state index in [1.54, 1.807) is 0 Å². The third-order valence-electron chi connectivity index (χ3n) is 4.88. The van der Waals surface area contributed by atoms with Gasteiger partial charge in [-0.15, -0.1) is 0 Å². The van der Waals surface area contributed by atoms with E-state index in [0.717, 1.165) is 19.1 Å². The van der Waals surface area contributed by atoms with Crippen molar-refractivity contribution in [1.82, 2.24) is 10.2 Å². The van der Waals surface area contributed by atoms with E-state index in [-0.39, 0.29) is 0 Å². The lowest BCUT2D eigenvalue weighted by Crippen LogP contribution is -2.36. The standard InChI is InChI=1S/C19H32N2/c1-4-7-17-10-12-18(13-11-17)16(2)20-14-15-21(3)19-8-5-6-9-19/h10-13,16,19-20H,4-9,14-15H2,1-3H3. The molecule has 21 heavy (non-hydrogen) atoms. The number of benzene rings is 1. The summed E-state index contributed by atoms with van der Waals surface area (Å²) in [6.45, 7) is 6.73. The molecule has 1 aliphatic carbocycles. The normalized spacial score (nSPS) is 17.5. The van der Waals surface area contributed by atoms with Crippen LogP contribution in [0.3, 0.4) is 0 Å². The van der Waals surface area contributed by atoms with Gasteiger partial charge in [-0.05, 0) is 44.4 Å². The van der Waals surface area contributed by atoms with Gasteiger partial charge in [0, 0.05) is 25.2 Å². The minimum atomic E-state index is 0.442. The fourth-order valence-electron chi connectivity index (χ4n) is 3.36. The van der Waals surface area contributed by atoms with Gasteiger partial charge in [-0.1, -0.05) is 50.5 Å². The van der Waals surface area contributed by atoms with Crippen molar-refractivity contribution in [2.24, 2.45) is 0 Å². The number of aryl methyl sites for hydroxylation is 1. The van der Waals surface area contributed by atoms with Crippen LogP contribution < -0.4 is 5.32 Å². The molecule has 0 saturated heterocycles. The molecule has 0 bridgehead atoms. The molecule has 0 amide bonds. The monoisotopic (exact) mass is 288 g/mol. The molecule has 1 atom stereocenters. The second-order valence-electron chi connectivity index (χ2n) is 6.59. The van der Waals surface area contributed by atoms with Crippen molar-refractivity contribution in [3.8, 4) is 0 Å². The molecule has 1 aliphatic rings. The molecule has 0 heterocycles. The summed E-state index contributed by atoms with van der Waals surface area (Å²) in [5.74, 6) is 0. The zero-order valence-electron chi connectivity index (χ0n) is 14.1. The summed E-state index contributed by atoms with van der Waals surface area (Å²) in [6.07, 6.45) is 8.04. The van der Waals surface area contributed by atoms with E-state index in [1.807, 2.05) is 0 Å². The van der Waals surface area contributed by atoms with E-state index in [4.69, 9.17) is 0 Å². The highest BCUT2D eigenvalue weighted by Crippen LogP contribution is 2.22. The van der Waals surface area contributed by atoms with Crippen molar-refractivity contribution in [2.45, 2.75) is 64.5 Å². The maximum absolute atomic E-state index is 3.66. The van der Waals surface area contributed by atoms with E-state index >= 15 is 0 Å². The Labute approximate surface area is 130 Å². The number of nitrogens with zero attached hydrogens (tertiary/aromatic N) is 1. The van der Waals surface area contributed by atoms with Crippen LogP contribution in [-0.4, -0.2) is 31.1 Å². The molecular formula is C19H32N2. The van der Waals surface area contributed by atoms with Gasteiger partial charge in [-0.25, -0.2) is 0 Å². The molecule has 0 radical (unpaired) electrons. The van der Waals surface area contributed by atoms with Crippen LogP contribution in [-0.2, 0) is 6.42 Å². The van der Waals surface area contributed by atoms with Crippen LogP contribution in [0, 0.1) is 0 Å². The molecule has 1 aromatic rings. The van der Waals surface area contributed by atoms with Gasteiger partial charge in [-0.2, -0.15) is 0 Å². The highest BCUT2D eigenvalue weighted by molar-refractivity contribution is 5.24. The Morgan fingerprint density at radius 3 is 2.48 bits per heavy atom. The summed E-state index contributed by atoms with van der Waals surface area (Å²) in [6, 6.07) is 10.4. The molecule has 1 saturated carbocycles. The van der Waals surface area contributed by atoms with Gasteiger partial charge in [0.15, 0.2) is 0 Å². The highest BCUT2D eigenvalue weighted by atomic mass is 15.1. The maximum Gasteiger partial charge on any atom is 0.0292 e. The van der Waals surface area contributed by atoms with Crippen LogP contribution in [0.2, 0.25) is 0 Å². The average molecular weight is 288 g/mol. The number of rotatable bonds is 8. The lowest BCUT2D eigenvalue weighted by atomic mass is 10.0. The molecule has 1 aromatic carbocycles. The first-order valence-corrected chi connectivity index (χ1v) is 8.73. The fourth-order valence-corrected chi connectivity index (χ4v) is 3.36. The van der Waals surface area contributed by atoms with Crippen molar-refractivity contribution in [3.05, 3.63) is 35.4 Å². The Hall–Kier alpha value is -0.860. The first-order valence-electron chi connectivity index (χ1n) is 8.73. The minimum absolute atomic E-state index is 0.442. The Morgan fingerprint density at radius 1 is 1.19 bits per heavy atom. The molecule has 2 rings (SSSR count). The third kappa shape index (κ3) is 5.12. The van der Waals surface area contributed by atoms with Crippen LogP contribution in [0.5, 0.6) is 0 Å². The van der Waals surface area contributed by atoms with E-state index in [0.29, 0.717) is 6.04 Å². The Kier molecular flexibility index (Phi) is 6.72. The van der Waals surface area contributed by atoms with Gasteiger partial charge in [-0.3, -0.25) is 0 Å². The zero-order valence-corrected chi connectivity index (χ0v) is 14.1. The van der Waals surface area contributed by atoms with Crippen LogP contribution in [0.1, 0.15) is 63.1 Å². The molecular weight excluding hydrogens is 256 g/mol. The highest BCUT2D eigenvalue weighted by Gasteiger charge is 2.18. The predicted molar refractivity (Wildman–Crippen MR) is 91.7 cm³/mol. The largest absolute Gasteiger partial charge is 0.309 e. The van der Waals surface area contributed by atoms with Gasteiger partial charge in [0.25, 0.3) is 0 Å². The van der Waals surface area contributed by atoms with Gasteiger partial charge in [0.05, 0.1) is 0 Å². The molecule has 1 fully saturated rings. The molecule has 118 valence electrons. The van der Waals surface area contributed by atoms with E-state index < -0.39 is 0 Å². The predicted octanol–water partition coefficient (Wildman–Crippen LogP) is 4.16. The zero-order chi connectivity index (χ0) is 15.1. The van der Waals surface area contributed by atoms with Crippen LogP contribution in [0.15, 0.2) is 24.3 Å². The van der Waals surface area contributed by atoms with Gasteiger partial charge in [0.2, 0.25) is 0 Å². The lowest BCUT2D eigenvalue weighted by Gasteiger charge is -2.25. The van der Waals surface area contributed by atoms with Crippen molar-refractivity contribution >= 4 is 0 Å². The lowest BCUT2D eigenvalue weighted by molar-refractivity contribution is 0.243. The first kappa shape index (κ1) is 16.5. The minimum Gasteiger partial charge on any atom is -0.309 e. The second-order valence-corrected chi connectivity index (χ2v) is 6.59. The maximum atomic E-state index is 3.66. The van der Waals surface area contributed by atoms with Crippen LogP contribution >= 0.6 is 0 Å². The summed E-state index contributed by atoms with van der Waals surface area (Å²) >= 11 is 0. The summed E-state index contributed by atoms with van der Waals surface area (Å²) in [5, 5.41) is 3.66.